The Morgan fingerprint density at radius 1 is 1.12 bits per heavy atom. The van der Waals surface area contributed by atoms with E-state index in [9.17, 15) is 9.18 Å². The highest BCUT2D eigenvalue weighted by Gasteiger charge is 2.18. The van der Waals surface area contributed by atoms with Crippen molar-refractivity contribution in [2.24, 2.45) is 0 Å². The van der Waals surface area contributed by atoms with Gasteiger partial charge in [-0.15, -0.1) is 11.3 Å². The van der Waals surface area contributed by atoms with Crippen LogP contribution in [0, 0.1) is 5.82 Å². The van der Waals surface area contributed by atoms with Gasteiger partial charge in [-0.1, -0.05) is 41.9 Å². The number of amides is 1. The van der Waals surface area contributed by atoms with Crippen LogP contribution >= 0.6 is 22.9 Å². The second-order valence-electron chi connectivity index (χ2n) is 5.29. The Balaban J connectivity index is 1.71. The van der Waals surface area contributed by atoms with E-state index in [0.29, 0.717) is 10.8 Å². The van der Waals surface area contributed by atoms with Gasteiger partial charge in [0.1, 0.15) is 11.6 Å². The number of rotatable bonds is 6. The Morgan fingerprint density at radius 3 is 2.56 bits per heavy atom. The first-order chi connectivity index (χ1) is 12.1. The minimum Gasteiger partial charge on any atom is -0.482 e. The highest BCUT2D eigenvalue weighted by molar-refractivity contribution is 7.10. The molecule has 3 aromatic rings. The zero-order valence-electron chi connectivity index (χ0n) is 13.1. The van der Waals surface area contributed by atoms with Crippen LogP contribution in [-0.2, 0) is 4.79 Å². The maximum atomic E-state index is 13.2. The van der Waals surface area contributed by atoms with Crippen LogP contribution in [0.1, 0.15) is 16.5 Å². The van der Waals surface area contributed by atoms with Gasteiger partial charge in [0.2, 0.25) is 0 Å². The summed E-state index contributed by atoms with van der Waals surface area (Å²) < 4.78 is 18.7. The molecule has 0 unspecified atom stereocenters. The number of halogens is 2. The molecule has 3 nitrogen and oxygen atoms in total. The summed E-state index contributed by atoms with van der Waals surface area (Å²) in [5.41, 5.74) is 0.801. The lowest BCUT2D eigenvalue weighted by atomic mass is 10.1. The zero-order valence-corrected chi connectivity index (χ0v) is 14.7. The first-order valence-electron chi connectivity index (χ1n) is 7.59. The van der Waals surface area contributed by atoms with Gasteiger partial charge in [-0.3, -0.25) is 4.79 Å². The van der Waals surface area contributed by atoms with E-state index >= 15 is 0 Å². The minimum atomic E-state index is -0.358. The van der Waals surface area contributed by atoms with Gasteiger partial charge >= 0.3 is 0 Å². The van der Waals surface area contributed by atoms with Crippen molar-refractivity contribution >= 4 is 28.8 Å². The summed E-state index contributed by atoms with van der Waals surface area (Å²) in [6.45, 7) is -0.160. The molecule has 6 heteroatoms. The number of carbonyl (C=O) groups excluding carboxylic acids is 1. The predicted octanol–water partition coefficient (Wildman–Crippen LogP) is 4.83. The Kier molecular flexibility index (Phi) is 5.68. The highest BCUT2D eigenvalue weighted by Crippen LogP contribution is 2.27. The standard InChI is InChI=1S/C19H15ClFNO2S/c20-15-4-1-2-5-16(15)24-12-18(23)22-19(17-6-3-11-25-17)13-7-9-14(21)10-8-13/h1-11,19H,12H2,(H,22,23)/t19-/m0/s1. The summed E-state index contributed by atoms with van der Waals surface area (Å²) in [7, 11) is 0. The number of hydrogen-bond donors (Lipinski definition) is 1. The third-order valence-electron chi connectivity index (χ3n) is 3.53. The summed E-state index contributed by atoms with van der Waals surface area (Å²) in [4.78, 5) is 13.3. The van der Waals surface area contributed by atoms with Crippen molar-refractivity contribution < 1.29 is 13.9 Å². The first kappa shape index (κ1) is 17.5. The first-order valence-corrected chi connectivity index (χ1v) is 8.85. The molecule has 1 atom stereocenters. The van der Waals surface area contributed by atoms with Gasteiger partial charge in [-0.05, 0) is 41.3 Å². The third-order valence-corrected chi connectivity index (χ3v) is 4.78. The van der Waals surface area contributed by atoms with E-state index in [1.807, 2.05) is 17.5 Å². The fraction of sp³-hybridized carbons (Fsp3) is 0.105. The molecule has 0 saturated carbocycles. The molecule has 0 bridgehead atoms. The van der Waals surface area contributed by atoms with Crippen LogP contribution in [0.3, 0.4) is 0 Å². The van der Waals surface area contributed by atoms with Gasteiger partial charge in [0, 0.05) is 4.88 Å². The molecule has 2 aromatic carbocycles. The van der Waals surface area contributed by atoms with Gasteiger partial charge < -0.3 is 10.1 Å². The van der Waals surface area contributed by atoms with Crippen LogP contribution in [0.15, 0.2) is 66.0 Å². The van der Waals surface area contributed by atoms with Crippen LogP contribution in [0.2, 0.25) is 5.02 Å². The molecule has 1 heterocycles. The quantitative estimate of drug-likeness (QED) is 0.670. The second kappa shape index (κ2) is 8.14. The maximum absolute atomic E-state index is 13.2. The summed E-state index contributed by atoms with van der Waals surface area (Å²) in [5.74, 6) is -0.154. The fourth-order valence-electron chi connectivity index (χ4n) is 2.34. The molecule has 0 aliphatic rings. The predicted molar refractivity (Wildman–Crippen MR) is 97.7 cm³/mol. The molecule has 0 radical (unpaired) electrons. The number of para-hydroxylation sites is 1. The molecular weight excluding hydrogens is 361 g/mol. The Morgan fingerprint density at radius 2 is 1.88 bits per heavy atom. The average Bonchev–Trinajstić information content (AvgIpc) is 3.14. The number of nitrogens with one attached hydrogen (secondary N) is 1. The maximum Gasteiger partial charge on any atom is 0.258 e. The van der Waals surface area contributed by atoms with E-state index < -0.39 is 0 Å². The Labute approximate surface area is 154 Å². The number of benzene rings is 2. The van der Waals surface area contributed by atoms with Crippen molar-refractivity contribution in [2.75, 3.05) is 6.61 Å². The average molecular weight is 376 g/mol. The summed E-state index contributed by atoms with van der Waals surface area (Å²) in [5, 5.41) is 5.30. The van der Waals surface area contributed by atoms with Gasteiger partial charge in [0.15, 0.2) is 6.61 Å². The lowest BCUT2D eigenvalue weighted by Crippen LogP contribution is -2.32. The molecule has 0 aliphatic carbocycles. The van der Waals surface area contributed by atoms with E-state index in [-0.39, 0.29) is 24.4 Å². The van der Waals surface area contributed by atoms with Crippen LogP contribution < -0.4 is 10.1 Å². The molecule has 1 N–H and O–H groups in total. The molecule has 0 spiro atoms. The van der Waals surface area contributed by atoms with Crippen LogP contribution in [0.5, 0.6) is 5.75 Å². The molecule has 1 aromatic heterocycles. The Bertz CT molecular complexity index is 837. The number of ether oxygens (including phenoxy) is 1. The highest BCUT2D eigenvalue weighted by atomic mass is 35.5. The van der Waals surface area contributed by atoms with E-state index in [4.69, 9.17) is 16.3 Å². The smallest absolute Gasteiger partial charge is 0.258 e. The van der Waals surface area contributed by atoms with Crippen LogP contribution in [0.4, 0.5) is 4.39 Å². The topological polar surface area (TPSA) is 38.3 Å². The van der Waals surface area contributed by atoms with E-state index in [1.165, 1.54) is 23.5 Å². The number of carbonyl (C=O) groups is 1. The third kappa shape index (κ3) is 4.59. The van der Waals surface area contributed by atoms with Crippen molar-refractivity contribution in [1.82, 2.24) is 5.32 Å². The number of hydrogen-bond acceptors (Lipinski definition) is 3. The zero-order chi connectivity index (χ0) is 17.6. The molecular formula is C19H15ClFNO2S. The van der Waals surface area contributed by atoms with Crippen LogP contribution in [0.25, 0.3) is 0 Å². The second-order valence-corrected chi connectivity index (χ2v) is 6.67. The van der Waals surface area contributed by atoms with Crippen molar-refractivity contribution in [1.29, 1.82) is 0 Å². The summed E-state index contributed by atoms with van der Waals surface area (Å²) in [6, 6.07) is 16.5. The van der Waals surface area contributed by atoms with E-state index in [0.717, 1.165) is 10.4 Å². The van der Waals surface area contributed by atoms with Gasteiger partial charge in [-0.25, -0.2) is 4.39 Å². The van der Waals surface area contributed by atoms with Crippen molar-refractivity contribution in [2.45, 2.75) is 6.04 Å². The molecule has 0 saturated heterocycles. The normalized spacial score (nSPS) is 11.8. The van der Waals surface area contributed by atoms with Gasteiger partial charge in [0.25, 0.3) is 5.91 Å². The SMILES string of the molecule is O=C(COc1ccccc1Cl)N[C@@H](c1ccc(F)cc1)c1cccs1. The van der Waals surface area contributed by atoms with E-state index in [2.05, 4.69) is 5.32 Å². The summed E-state index contributed by atoms with van der Waals surface area (Å²) >= 11 is 7.53. The minimum absolute atomic E-state index is 0.160. The van der Waals surface area contributed by atoms with Gasteiger partial charge in [-0.2, -0.15) is 0 Å². The Hall–Kier alpha value is -2.37. The molecule has 3 rings (SSSR count). The molecule has 0 fully saturated rings. The van der Waals surface area contributed by atoms with Crippen molar-refractivity contribution in [3.63, 3.8) is 0 Å². The van der Waals surface area contributed by atoms with Crippen molar-refractivity contribution in [3.05, 3.63) is 87.3 Å². The van der Waals surface area contributed by atoms with E-state index in [1.54, 1.807) is 36.4 Å². The lowest BCUT2D eigenvalue weighted by molar-refractivity contribution is -0.123. The monoisotopic (exact) mass is 375 g/mol. The van der Waals surface area contributed by atoms with Crippen molar-refractivity contribution in [3.8, 4) is 5.75 Å². The molecule has 0 aliphatic heterocycles. The summed E-state index contributed by atoms with van der Waals surface area (Å²) in [6.07, 6.45) is 0. The number of thiophene rings is 1. The molecule has 128 valence electrons. The molecule has 1 amide bonds. The fourth-order valence-corrected chi connectivity index (χ4v) is 3.33. The lowest BCUT2D eigenvalue weighted by Gasteiger charge is -2.18. The van der Waals surface area contributed by atoms with Crippen LogP contribution in [-0.4, -0.2) is 12.5 Å². The van der Waals surface area contributed by atoms with Gasteiger partial charge in [0.05, 0.1) is 11.1 Å². The molecule has 25 heavy (non-hydrogen) atoms. The largest absolute Gasteiger partial charge is 0.482 e.